The van der Waals surface area contributed by atoms with E-state index < -0.39 is 0 Å². The Morgan fingerprint density at radius 1 is 1.69 bits per heavy atom. The number of amidine groups is 1. The highest BCUT2D eigenvalue weighted by Crippen LogP contribution is 2.07. The van der Waals surface area contributed by atoms with Gasteiger partial charge in [-0.15, -0.1) is 0 Å². The van der Waals surface area contributed by atoms with Crippen molar-refractivity contribution in [1.82, 2.24) is 0 Å². The van der Waals surface area contributed by atoms with Gasteiger partial charge in [-0.1, -0.05) is 0 Å². The quantitative estimate of drug-likeness (QED) is 0.569. The maximum absolute atomic E-state index is 5.47. The molecule has 0 spiro atoms. The molecule has 3 nitrogen and oxygen atoms in total. The summed E-state index contributed by atoms with van der Waals surface area (Å²) in [5, 5.41) is 0. The van der Waals surface area contributed by atoms with Crippen molar-refractivity contribution in [3.05, 3.63) is 24.2 Å². The van der Waals surface area contributed by atoms with E-state index in [1.807, 2.05) is 19.1 Å². The lowest BCUT2D eigenvalue weighted by molar-refractivity contribution is 0.491. The van der Waals surface area contributed by atoms with Gasteiger partial charge in [-0.2, -0.15) is 0 Å². The van der Waals surface area contributed by atoms with E-state index >= 15 is 0 Å². The number of nitrogens with two attached hydrogens (primary N) is 1. The molecular formula is C10H16N2O. The van der Waals surface area contributed by atoms with Crippen LogP contribution in [0.15, 0.2) is 27.8 Å². The Bertz CT molecular complexity index is 260. The molecule has 0 saturated heterocycles. The second-order valence-electron chi connectivity index (χ2n) is 3.24. The van der Waals surface area contributed by atoms with E-state index in [-0.39, 0.29) is 6.04 Å². The van der Waals surface area contributed by atoms with E-state index in [1.54, 1.807) is 6.26 Å². The van der Waals surface area contributed by atoms with Crippen molar-refractivity contribution >= 4 is 5.84 Å². The summed E-state index contributed by atoms with van der Waals surface area (Å²) in [7, 11) is 0. The molecule has 0 amide bonds. The van der Waals surface area contributed by atoms with Gasteiger partial charge in [0.05, 0.1) is 12.1 Å². The molecule has 3 heteroatoms. The predicted molar refractivity (Wildman–Crippen MR) is 53.8 cm³/mol. The van der Waals surface area contributed by atoms with Gasteiger partial charge in [0.2, 0.25) is 0 Å². The van der Waals surface area contributed by atoms with Crippen LogP contribution >= 0.6 is 0 Å². The van der Waals surface area contributed by atoms with Gasteiger partial charge in [0, 0.05) is 12.5 Å². The lowest BCUT2D eigenvalue weighted by Crippen LogP contribution is -2.11. The Morgan fingerprint density at radius 2 is 2.46 bits per heavy atom. The van der Waals surface area contributed by atoms with Crippen molar-refractivity contribution in [2.75, 3.05) is 0 Å². The molecule has 13 heavy (non-hydrogen) atoms. The van der Waals surface area contributed by atoms with Crippen LogP contribution in [0.4, 0.5) is 0 Å². The highest BCUT2D eigenvalue weighted by Gasteiger charge is 2.01. The summed E-state index contributed by atoms with van der Waals surface area (Å²) in [6.07, 6.45) is 3.59. The van der Waals surface area contributed by atoms with Crippen molar-refractivity contribution in [2.45, 2.75) is 32.7 Å². The maximum atomic E-state index is 5.47. The van der Waals surface area contributed by atoms with Crippen LogP contribution in [0.1, 0.15) is 26.0 Å². The largest absolute Gasteiger partial charge is 0.469 e. The smallest absolute Gasteiger partial charge is 0.103 e. The van der Waals surface area contributed by atoms with Crippen LogP contribution in [0.3, 0.4) is 0 Å². The number of furan rings is 1. The van der Waals surface area contributed by atoms with Gasteiger partial charge in [0.15, 0.2) is 0 Å². The molecule has 0 aromatic carbocycles. The molecular weight excluding hydrogens is 164 g/mol. The first-order chi connectivity index (χ1) is 6.18. The Labute approximate surface area is 78.7 Å². The predicted octanol–water partition coefficient (Wildman–Crippen LogP) is 1.98. The number of nitrogens with zero attached hydrogens (tertiary/aromatic N) is 1. The van der Waals surface area contributed by atoms with Crippen LogP contribution < -0.4 is 5.73 Å². The van der Waals surface area contributed by atoms with Crippen LogP contribution in [-0.2, 0) is 6.42 Å². The summed E-state index contributed by atoms with van der Waals surface area (Å²) in [6.45, 7) is 3.86. The zero-order chi connectivity index (χ0) is 9.68. The van der Waals surface area contributed by atoms with Crippen molar-refractivity contribution in [1.29, 1.82) is 0 Å². The molecule has 0 aliphatic heterocycles. The van der Waals surface area contributed by atoms with Crippen molar-refractivity contribution in [3.8, 4) is 0 Å². The van der Waals surface area contributed by atoms with Gasteiger partial charge in [-0.05, 0) is 32.4 Å². The zero-order valence-electron chi connectivity index (χ0n) is 8.16. The van der Waals surface area contributed by atoms with Gasteiger partial charge in [-0.3, -0.25) is 4.99 Å². The summed E-state index contributed by atoms with van der Waals surface area (Å²) in [4.78, 5) is 4.23. The first-order valence-corrected chi connectivity index (χ1v) is 4.50. The molecule has 0 aliphatic carbocycles. The molecule has 0 fully saturated rings. The van der Waals surface area contributed by atoms with Crippen LogP contribution in [0.2, 0.25) is 0 Å². The van der Waals surface area contributed by atoms with Gasteiger partial charge < -0.3 is 10.2 Å². The lowest BCUT2D eigenvalue weighted by Gasteiger charge is -2.04. The number of aryl methyl sites for hydroxylation is 1. The van der Waals surface area contributed by atoms with Crippen LogP contribution in [0.5, 0.6) is 0 Å². The SMILES string of the molecule is CC(N)=NC(C)CCc1ccco1. The lowest BCUT2D eigenvalue weighted by atomic mass is 10.1. The van der Waals surface area contributed by atoms with Gasteiger partial charge >= 0.3 is 0 Å². The minimum absolute atomic E-state index is 0.273. The molecule has 72 valence electrons. The molecule has 0 radical (unpaired) electrons. The normalized spacial score (nSPS) is 14.5. The fourth-order valence-corrected chi connectivity index (χ4v) is 1.22. The minimum Gasteiger partial charge on any atom is -0.469 e. The molecule has 1 aromatic rings. The molecule has 0 saturated carbocycles. The van der Waals surface area contributed by atoms with Gasteiger partial charge in [0.25, 0.3) is 0 Å². The van der Waals surface area contributed by atoms with Crippen molar-refractivity contribution in [2.24, 2.45) is 10.7 Å². The van der Waals surface area contributed by atoms with Gasteiger partial charge in [0.1, 0.15) is 5.76 Å². The summed E-state index contributed by atoms with van der Waals surface area (Å²) >= 11 is 0. The highest BCUT2D eigenvalue weighted by atomic mass is 16.3. The van der Waals surface area contributed by atoms with Crippen LogP contribution in [0, 0.1) is 0 Å². The average molecular weight is 180 g/mol. The monoisotopic (exact) mass is 180 g/mol. The third-order valence-corrected chi connectivity index (χ3v) is 1.81. The molecule has 1 rings (SSSR count). The number of rotatable bonds is 4. The number of aliphatic imine (C=N–C) groups is 1. The second-order valence-corrected chi connectivity index (χ2v) is 3.24. The maximum Gasteiger partial charge on any atom is 0.103 e. The first kappa shape index (κ1) is 9.84. The van der Waals surface area contributed by atoms with E-state index in [1.165, 1.54) is 0 Å². The van der Waals surface area contributed by atoms with E-state index in [0.29, 0.717) is 5.84 Å². The molecule has 0 aliphatic rings. The van der Waals surface area contributed by atoms with E-state index in [4.69, 9.17) is 10.2 Å². The van der Waals surface area contributed by atoms with Crippen molar-refractivity contribution in [3.63, 3.8) is 0 Å². The Kier molecular flexibility index (Phi) is 3.55. The highest BCUT2D eigenvalue weighted by molar-refractivity contribution is 5.77. The van der Waals surface area contributed by atoms with Crippen LogP contribution in [0.25, 0.3) is 0 Å². The fourth-order valence-electron chi connectivity index (χ4n) is 1.22. The molecule has 0 bridgehead atoms. The van der Waals surface area contributed by atoms with Gasteiger partial charge in [-0.25, -0.2) is 0 Å². The Balaban J connectivity index is 2.31. The Morgan fingerprint density at radius 3 is 3.00 bits per heavy atom. The first-order valence-electron chi connectivity index (χ1n) is 4.50. The van der Waals surface area contributed by atoms with Crippen LogP contribution in [-0.4, -0.2) is 11.9 Å². The summed E-state index contributed by atoms with van der Waals surface area (Å²) in [5.74, 6) is 1.66. The molecule has 2 N–H and O–H groups in total. The topological polar surface area (TPSA) is 51.5 Å². The zero-order valence-corrected chi connectivity index (χ0v) is 8.16. The van der Waals surface area contributed by atoms with Crippen molar-refractivity contribution < 1.29 is 4.42 Å². The molecule has 1 heterocycles. The van der Waals surface area contributed by atoms with E-state index in [2.05, 4.69) is 11.9 Å². The molecule has 1 aromatic heterocycles. The standard InChI is InChI=1S/C10H16N2O/c1-8(12-9(2)11)5-6-10-4-3-7-13-10/h3-4,7-8H,5-6H2,1-2H3,(H2,11,12). The van der Waals surface area contributed by atoms with E-state index in [0.717, 1.165) is 18.6 Å². The average Bonchev–Trinajstić information content (AvgIpc) is 2.51. The molecule has 1 unspecified atom stereocenters. The number of hydrogen-bond donors (Lipinski definition) is 1. The van der Waals surface area contributed by atoms with E-state index in [9.17, 15) is 0 Å². The fraction of sp³-hybridized carbons (Fsp3) is 0.500. The molecule has 1 atom stereocenters. The number of hydrogen-bond acceptors (Lipinski definition) is 2. The summed E-state index contributed by atoms with van der Waals surface area (Å²) in [5.41, 5.74) is 5.47. The second kappa shape index (κ2) is 4.70. The third-order valence-electron chi connectivity index (χ3n) is 1.81. The summed E-state index contributed by atoms with van der Waals surface area (Å²) < 4.78 is 5.21. The Hall–Kier alpha value is -1.25. The third kappa shape index (κ3) is 3.78. The summed E-state index contributed by atoms with van der Waals surface area (Å²) in [6, 6.07) is 4.15. The minimum atomic E-state index is 0.273.